The van der Waals surface area contributed by atoms with Crippen molar-refractivity contribution in [3.05, 3.63) is 10.4 Å². The maximum absolute atomic E-state index is 10.1. The fraction of sp³-hybridized carbons (Fsp3) is 0.833. The zero-order valence-corrected chi connectivity index (χ0v) is 7.30. The van der Waals surface area contributed by atoms with E-state index >= 15 is 0 Å². The first-order valence-electron chi connectivity index (χ1n) is 3.75. The van der Waals surface area contributed by atoms with Crippen molar-refractivity contribution >= 4 is 6.09 Å². The number of ether oxygens (including phenoxy) is 1. The summed E-state index contributed by atoms with van der Waals surface area (Å²) in [5.74, 6) is 0. The molecule has 0 heterocycles. The Morgan fingerprint density at radius 3 is 3.08 bits per heavy atom. The van der Waals surface area contributed by atoms with Crippen LogP contribution < -0.4 is 5.32 Å². The SMILES string of the molecule is C[C@@H](COCCN=[N+]=[N-])NC(=O)O. The Morgan fingerprint density at radius 1 is 1.85 bits per heavy atom. The topological polar surface area (TPSA) is 107 Å². The molecular formula is C6H12N4O3. The Morgan fingerprint density at radius 2 is 2.54 bits per heavy atom. The van der Waals surface area contributed by atoms with Gasteiger partial charge in [-0.25, -0.2) is 4.79 Å². The van der Waals surface area contributed by atoms with Crippen molar-refractivity contribution < 1.29 is 14.6 Å². The molecule has 0 radical (unpaired) electrons. The van der Waals surface area contributed by atoms with Crippen molar-refractivity contribution in [3.8, 4) is 0 Å². The Balaban J connectivity index is 3.31. The van der Waals surface area contributed by atoms with Gasteiger partial charge in [-0.1, -0.05) is 5.11 Å². The minimum absolute atomic E-state index is 0.260. The van der Waals surface area contributed by atoms with Gasteiger partial charge < -0.3 is 15.2 Å². The summed E-state index contributed by atoms with van der Waals surface area (Å²) < 4.78 is 5.01. The average Bonchev–Trinajstić information content (AvgIpc) is 2.02. The van der Waals surface area contributed by atoms with Crippen LogP contribution in [0.3, 0.4) is 0 Å². The number of hydrogen-bond donors (Lipinski definition) is 2. The van der Waals surface area contributed by atoms with E-state index in [0.29, 0.717) is 6.61 Å². The molecule has 0 aromatic rings. The Labute approximate surface area is 75.3 Å². The van der Waals surface area contributed by atoms with Crippen LogP contribution in [0.25, 0.3) is 10.4 Å². The Hall–Kier alpha value is -1.46. The third-order valence-electron chi connectivity index (χ3n) is 1.14. The zero-order valence-electron chi connectivity index (χ0n) is 7.30. The van der Waals surface area contributed by atoms with Crippen LogP contribution in [0.15, 0.2) is 5.11 Å². The van der Waals surface area contributed by atoms with Gasteiger partial charge in [-0.15, -0.1) is 0 Å². The first-order chi connectivity index (χ1) is 6.16. The fourth-order valence-electron chi connectivity index (χ4n) is 0.663. The van der Waals surface area contributed by atoms with E-state index in [1.807, 2.05) is 0 Å². The quantitative estimate of drug-likeness (QED) is 0.280. The first kappa shape index (κ1) is 11.5. The average molecular weight is 188 g/mol. The summed E-state index contributed by atoms with van der Waals surface area (Å²) in [6.07, 6.45) is -1.08. The summed E-state index contributed by atoms with van der Waals surface area (Å²) >= 11 is 0. The molecule has 74 valence electrons. The van der Waals surface area contributed by atoms with E-state index in [-0.39, 0.29) is 19.2 Å². The van der Waals surface area contributed by atoms with Gasteiger partial charge in [0.15, 0.2) is 0 Å². The molecule has 0 fully saturated rings. The van der Waals surface area contributed by atoms with Crippen LogP contribution in [-0.4, -0.2) is 37.0 Å². The van der Waals surface area contributed by atoms with Gasteiger partial charge in [0.25, 0.3) is 0 Å². The maximum Gasteiger partial charge on any atom is 0.404 e. The Kier molecular flexibility index (Phi) is 6.39. The number of nitrogens with one attached hydrogen (secondary N) is 1. The van der Waals surface area contributed by atoms with Gasteiger partial charge in [-0.05, 0) is 12.5 Å². The van der Waals surface area contributed by atoms with Gasteiger partial charge in [0.2, 0.25) is 0 Å². The van der Waals surface area contributed by atoms with E-state index in [1.54, 1.807) is 6.92 Å². The lowest BCUT2D eigenvalue weighted by atomic mass is 10.4. The number of carbonyl (C=O) groups is 1. The van der Waals surface area contributed by atoms with Crippen molar-refractivity contribution in [2.75, 3.05) is 19.8 Å². The smallest absolute Gasteiger partial charge is 0.404 e. The highest BCUT2D eigenvalue weighted by Crippen LogP contribution is 1.85. The van der Waals surface area contributed by atoms with Crippen molar-refractivity contribution in [2.45, 2.75) is 13.0 Å². The fourth-order valence-corrected chi connectivity index (χ4v) is 0.663. The summed E-state index contributed by atoms with van der Waals surface area (Å²) in [5.41, 5.74) is 7.91. The minimum atomic E-state index is -1.08. The number of carboxylic acid groups (broad SMARTS) is 1. The standard InChI is InChI=1S/C6H12N4O3/c1-5(9-6(11)12)4-13-3-2-8-10-7/h5,9H,2-4H2,1H3,(H,11,12)/t5-/m0/s1. The van der Waals surface area contributed by atoms with Crippen molar-refractivity contribution in [1.29, 1.82) is 0 Å². The number of amides is 1. The van der Waals surface area contributed by atoms with E-state index < -0.39 is 6.09 Å². The molecule has 13 heavy (non-hydrogen) atoms. The van der Waals surface area contributed by atoms with Crippen LogP contribution in [0, 0.1) is 0 Å². The molecule has 0 rings (SSSR count). The summed E-state index contributed by atoms with van der Waals surface area (Å²) in [6.45, 7) is 2.51. The van der Waals surface area contributed by atoms with Crippen molar-refractivity contribution in [2.24, 2.45) is 5.11 Å². The molecule has 0 saturated heterocycles. The maximum atomic E-state index is 10.1. The van der Waals surface area contributed by atoms with Crippen LogP contribution in [0.4, 0.5) is 4.79 Å². The molecule has 0 aromatic carbocycles. The summed E-state index contributed by atoms with van der Waals surface area (Å²) in [5, 5.41) is 13.8. The molecule has 2 N–H and O–H groups in total. The van der Waals surface area contributed by atoms with Crippen LogP contribution in [0.2, 0.25) is 0 Å². The molecule has 0 aliphatic heterocycles. The Bertz CT molecular complexity index is 202. The lowest BCUT2D eigenvalue weighted by molar-refractivity contribution is 0.118. The molecular weight excluding hydrogens is 176 g/mol. The predicted molar refractivity (Wildman–Crippen MR) is 45.5 cm³/mol. The van der Waals surface area contributed by atoms with Gasteiger partial charge in [0.1, 0.15) is 0 Å². The van der Waals surface area contributed by atoms with Gasteiger partial charge in [-0.2, -0.15) is 0 Å². The van der Waals surface area contributed by atoms with E-state index in [4.69, 9.17) is 15.4 Å². The van der Waals surface area contributed by atoms with Crippen LogP contribution in [0.1, 0.15) is 6.92 Å². The molecule has 0 aliphatic rings. The molecule has 7 heteroatoms. The molecule has 0 bridgehead atoms. The predicted octanol–water partition coefficient (Wildman–Crippen LogP) is 0.969. The largest absolute Gasteiger partial charge is 0.465 e. The minimum Gasteiger partial charge on any atom is -0.465 e. The second-order valence-electron chi connectivity index (χ2n) is 2.38. The van der Waals surface area contributed by atoms with Gasteiger partial charge in [0, 0.05) is 11.5 Å². The molecule has 1 amide bonds. The van der Waals surface area contributed by atoms with Gasteiger partial charge in [-0.3, -0.25) is 0 Å². The van der Waals surface area contributed by atoms with Crippen LogP contribution >= 0.6 is 0 Å². The lowest BCUT2D eigenvalue weighted by Crippen LogP contribution is -2.34. The van der Waals surface area contributed by atoms with E-state index in [9.17, 15) is 4.79 Å². The highest BCUT2D eigenvalue weighted by atomic mass is 16.5. The molecule has 1 atom stereocenters. The van der Waals surface area contributed by atoms with E-state index in [1.165, 1.54) is 0 Å². The first-order valence-corrected chi connectivity index (χ1v) is 3.75. The van der Waals surface area contributed by atoms with Crippen LogP contribution in [-0.2, 0) is 4.74 Å². The molecule has 0 spiro atoms. The third-order valence-corrected chi connectivity index (χ3v) is 1.14. The van der Waals surface area contributed by atoms with Gasteiger partial charge >= 0.3 is 6.09 Å². The molecule has 0 saturated carbocycles. The summed E-state index contributed by atoms with van der Waals surface area (Å²) in [4.78, 5) is 12.6. The highest BCUT2D eigenvalue weighted by molar-refractivity contribution is 5.64. The van der Waals surface area contributed by atoms with E-state index in [2.05, 4.69) is 15.3 Å². The zero-order chi connectivity index (χ0) is 10.1. The second kappa shape index (κ2) is 7.20. The molecule has 0 aromatic heterocycles. The second-order valence-corrected chi connectivity index (χ2v) is 2.38. The molecule has 7 nitrogen and oxygen atoms in total. The number of azide groups is 1. The molecule has 0 unspecified atom stereocenters. The highest BCUT2D eigenvalue weighted by Gasteiger charge is 2.03. The number of nitrogens with zero attached hydrogens (tertiary/aromatic N) is 3. The summed E-state index contributed by atoms with van der Waals surface area (Å²) in [7, 11) is 0. The molecule has 0 aliphatic carbocycles. The number of hydrogen-bond acceptors (Lipinski definition) is 3. The normalized spacial score (nSPS) is 11.5. The summed E-state index contributed by atoms with van der Waals surface area (Å²) in [6, 6.07) is -0.261. The number of rotatable bonds is 6. The van der Waals surface area contributed by atoms with Crippen LogP contribution in [0.5, 0.6) is 0 Å². The third kappa shape index (κ3) is 8.45. The van der Waals surface area contributed by atoms with Crippen molar-refractivity contribution in [1.82, 2.24) is 5.32 Å². The van der Waals surface area contributed by atoms with Gasteiger partial charge in [0.05, 0.1) is 19.3 Å². The van der Waals surface area contributed by atoms with Crippen molar-refractivity contribution in [3.63, 3.8) is 0 Å². The monoisotopic (exact) mass is 188 g/mol. The lowest BCUT2D eigenvalue weighted by Gasteiger charge is -2.10. The van der Waals surface area contributed by atoms with E-state index in [0.717, 1.165) is 0 Å².